The van der Waals surface area contributed by atoms with Gasteiger partial charge in [-0.1, -0.05) is 19.8 Å². The first kappa shape index (κ1) is 11.7. The molecule has 0 heterocycles. The van der Waals surface area contributed by atoms with Gasteiger partial charge >= 0.3 is 0 Å². The van der Waals surface area contributed by atoms with Crippen molar-refractivity contribution in [3.05, 3.63) is 0 Å². The summed E-state index contributed by atoms with van der Waals surface area (Å²) in [6.45, 7) is 3.84. The summed E-state index contributed by atoms with van der Waals surface area (Å²) in [4.78, 5) is 11.3. The Kier molecular flexibility index (Phi) is 5.85. The average Bonchev–Trinajstić information content (AvgIpc) is 2.58. The fourth-order valence-corrected chi connectivity index (χ4v) is 1.97. The van der Waals surface area contributed by atoms with Crippen LogP contribution in [0.4, 0.5) is 0 Å². The van der Waals surface area contributed by atoms with Crippen molar-refractivity contribution in [2.45, 2.75) is 51.9 Å². The van der Waals surface area contributed by atoms with E-state index in [1.165, 1.54) is 12.8 Å². The maximum absolute atomic E-state index is 11.3. The van der Waals surface area contributed by atoms with Crippen molar-refractivity contribution in [1.82, 2.24) is 0 Å². The highest BCUT2D eigenvalue weighted by Gasteiger charge is 2.23. The predicted molar refractivity (Wildman–Crippen MR) is 57.3 cm³/mol. The fourth-order valence-electron chi connectivity index (χ4n) is 1.97. The van der Waals surface area contributed by atoms with Crippen LogP contribution in [0.1, 0.15) is 51.9 Å². The highest BCUT2D eigenvalue weighted by atomic mass is 16.5. The smallest absolute Gasteiger partial charge is 0.136 e. The molecule has 0 aliphatic heterocycles. The van der Waals surface area contributed by atoms with Crippen LogP contribution in [-0.2, 0) is 9.53 Å². The SMILES string of the molecule is CCCCCOCCC1CCCC1=O. The first-order valence-electron chi connectivity index (χ1n) is 5.95. The molecule has 1 aliphatic carbocycles. The minimum Gasteiger partial charge on any atom is -0.381 e. The van der Waals surface area contributed by atoms with E-state index in [-0.39, 0.29) is 0 Å². The van der Waals surface area contributed by atoms with Crippen molar-refractivity contribution in [1.29, 1.82) is 0 Å². The van der Waals surface area contributed by atoms with E-state index in [1.807, 2.05) is 0 Å². The van der Waals surface area contributed by atoms with Crippen molar-refractivity contribution in [2.75, 3.05) is 13.2 Å². The number of carbonyl (C=O) groups excluding carboxylic acids is 1. The molecule has 2 nitrogen and oxygen atoms in total. The minimum absolute atomic E-state index is 0.321. The monoisotopic (exact) mass is 198 g/mol. The van der Waals surface area contributed by atoms with Crippen LogP contribution in [0.2, 0.25) is 0 Å². The van der Waals surface area contributed by atoms with Crippen molar-refractivity contribution in [2.24, 2.45) is 5.92 Å². The standard InChI is InChI=1S/C12H22O2/c1-2-3-4-9-14-10-8-11-6-5-7-12(11)13/h11H,2-10H2,1H3. The summed E-state index contributed by atoms with van der Waals surface area (Å²) in [6.07, 6.45) is 7.60. The summed E-state index contributed by atoms with van der Waals surface area (Å²) >= 11 is 0. The molecular formula is C12H22O2. The lowest BCUT2D eigenvalue weighted by Gasteiger charge is -2.07. The molecule has 1 unspecified atom stereocenters. The molecule has 0 N–H and O–H groups in total. The first-order chi connectivity index (χ1) is 6.84. The summed E-state index contributed by atoms with van der Waals surface area (Å²) in [5, 5.41) is 0. The topological polar surface area (TPSA) is 26.3 Å². The summed E-state index contributed by atoms with van der Waals surface area (Å²) < 4.78 is 5.49. The Morgan fingerprint density at radius 1 is 1.36 bits per heavy atom. The van der Waals surface area contributed by atoms with Crippen LogP contribution in [0.5, 0.6) is 0 Å². The zero-order valence-corrected chi connectivity index (χ0v) is 9.26. The van der Waals surface area contributed by atoms with E-state index in [2.05, 4.69) is 6.92 Å². The second-order valence-corrected chi connectivity index (χ2v) is 4.16. The third kappa shape index (κ3) is 4.23. The molecule has 0 aromatic rings. The van der Waals surface area contributed by atoms with Gasteiger partial charge in [0.2, 0.25) is 0 Å². The van der Waals surface area contributed by atoms with Gasteiger partial charge in [0.05, 0.1) is 0 Å². The zero-order chi connectivity index (χ0) is 10.2. The van der Waals surface area contributed by atoms with Crippen LogP contribution < -0.4 is 0 Å². The number of hydrogen-bond donors (Lipinski definition) is 0. The lowest BCUT2D eigenvalue weighted by atomic mass is 10.0. The molecule has 0 radical (unpaired) electrons. The van der Waals surface area contributed by atoms with E-state index in [0.717, 1.165) is 45.3 Å². The molecule has 0 bridgehead atoms. The molecule has 2 heteroatoms. The number of Topliss-reactive ketones (excluding diaryl/α,β-unsaturated/α-hetero) is 1. The molecule has 1 saturated carbocycles. The second-order valence-electron chi connectivity index (χ2n) is 4.16. The van der Waals surface area contributed by atoms with Gasteiger partial charge in [-0.3, -0.25) is 4.79 Å². The van der Waals surface area contributed by atoms with Gasteiger partial charge < -0.3 is 4.74 Å². The van der Waals surface area contributed by atoms with Gasteiger partial charge in [-0.15, -0.1) is 0 Å². The highest BCUT2D eigenvalue weighted by molar-refractivity contribution is 5.82. The number of hydrogen-bond acceptors (Lipinski definition) is 2. The minimum atomic E-state index is 0.321. The Balaban J connectivity index is 1.90. The van der Waals surface area contributed by atoms with Crippen LogP contribution in [0.25, 0.3) is 0 Å². The Morgan fingerprint density at radius 2 is 2.21 bits per heavy atom. The van der Waals surface area contributed by atoms with Crippen LogP contribution in [0.15, 0.2) is 0 Å². The van der Waals surface area contributed by atoms with E-state index >= 15 is 0 Å². The van der Waals surface area contributed by atoms with Gasteiger partial charge in [-0.25, -0.2) is 0 Å². The van der Waals surface area contributed by atoms with Gasteiger partial charge in [-0.05, 0) is 25.7 Å². The third-order valence-electron chi connectivity index (χ3n) is 2.93. The Bertz CT molecular complexity index is 166. The maximum atomic E-state index is 11.3. The molecule has 0 aromatic carbocycles. The Morgan fingerprint density at radius 3 is 2.86 bits per heavy atom. The molecule has 1 rings (SSSR count). The predicted octanol–water partition coefficient (Wildman–Crippen LogP) is 2.95. The van der Waals surface area contributed by atoms with E-state index < -0.39 is 0 Å². The number of ketones is 1. The molecule has 0 saturated heterocycles. The molecular weight excluding hydrogens is 176 g/mol. The van der Waals surface area contributed by atoms with Crippen LogP contribution in [-0.4, -0.2) is 19.0 Å². The highest BCUT2D eigenvalue weighted by Crippen LogP contribution is 2.23. The maximum Gasteiger partial charge on any atom is 0.136 e. The number of rotatable bonds is 7. The first-order valence-corrected chi connectivity index (χ1v) is 5.95. The van der Waals surface area contributed by atoms with Crippen LogP contribution >= 0.6 is 0 Å². The van der Waals surface area contributed by atoms with Crippen molar-refractivity contribution < 1.29 is 9.53 Å². The van der Waals surface area contributed by atoms with Crippen molar-refractivity contribution >= 4 is 5.78 Å². The molecule has 0 amide bonds. The summed E-state index contributed by atoms with van der Waals surface area (Å²) in [5.41, 5.74) is 0. The number of ether oxygens (including phenoxy) is 1. The molecule has 14 heavy (non-hydrogen) atoms. The van der Waals surface area contributed by atoms with Gasteiger partial charge in [0.1, 0.15) is 5.78 Å². The lowest BCUT2D eigenvalue weighted by Crippen LogP contribution is -2.10. The second kappa shape index (κ2) is 6.99. The number of carbonyl (C=O) groups is 1. The summed E-state index contributed by atoms with van der Waals surface area (Å²) in [6, 6.07) is 0. The third-order valence-corrected chi connectivity index (χ3v) is 2.93. The van der Waals surface area contributed by atoms with Crippen LogP contribution in [0, 0.1) is 5.92 Å². The fraction of sp³-hybridized carbons (Fsp3) is 0.917. The van der Waals surface area contributed by atoms with E-state index in [1.54, 1.807) is 0 Å². The summed E-state index contributed by atoms with van der Waals surface area (Å²) in [5.74, 6) is 0.781. The Hall–Kier alpha value is -0.370. The van der Waals surface area contributed by atoms with Gasteiger partial charge in [0.15, 0.2) is 0 Å². The molecule has 1 aliphatic rings. The van der Waals surface area contributed by atoms with Gasteiger partial charge in [0, 0.05) is 25.6 Å². The molecule has 0 spiro atoms. The van der Waals surface area contributed by atoms with Crippen molar-refractivity contribution in [3.8, 4) is 0 Å². The normalized spacial score (nSPS) is 21.8. The van der Waals surface area contributed by atoms with E-state index in [9.17, 15) is 4.79 Å². The Labute approximate surface area is 87.0 Å². The summed E-state index contributed by atoms with van der Waals surface area (Å²) in [7, 11) is 0. The average molecular weight is 198 g/mol. The molecule has 1 atom stereocenters. The number of unbranched alkanes of at least 4 members (excludes halogenated alkanes) is 2. The van der Waals surface area contributed by atoms with Crippen molar-refractivity contribution in [3.63, 3.8) is 0 Å². The van der Waals surface area contributed by atoms with Gasteiger partial charge in [-0.2, -0.15) is 0 Å². The largest absolute Gasteiger partial charge is 0.381 e. The van der Waals surface area contributed by atoms with Gasteiger partial charge in [0.25, 0.3) is 0 Å². The molecule has 0 aromatic heterocycles. The van der Waals surface area contributed by atoms with E-state index in [0.29, 0.717) is 11.7 Å². The quantitative estimate of drug-likeness (QED) is 0.588. The molecule has 1 fully saturated rings. The molecule has 82 valence electrons. The lowest BCUT2D eigenvalue weighted by molar-refractivity contribution is -0.121. The van der Waals surface area contributed by atoms with Crippen LogP contribution in [0.3, 0.4) is 0 Å². The van der Waals surface area contributed by atoms with E-state index in [4.69, 9.17) is 4.74 Å². The zero-order valence-electron chi connectivity index (χ0n) is 9.26.